The fraction of sp³-hybridized carbons (Fsp3) is 0.0833. The van der Waals surface area contributed by atoms with Crippen molar-refractivity contribution < 1.29 is 4.79 Å². The van der Waals surface area contributed by atoms with Gasteiger partial charge in [0.25, 0.3) is 5.56 Å². The van der Waals surface area contributed by atoms with Gasteiger partial charge in [0, 0.05) is 6.54 Å². The summed E-state index contributed by atoms with van der Waals surface area (Å²) < 4.78 is 0. The van der Waals surface area contributed by atoms with Gasteiger partial charge in [-0.1, -0.05) is 30.3 Å². The van der Waals surface area contributed by atoms with Crippen molar-refractivity contribution in [1.29, 1.82) is 0 Å². The lowest BCUT2D eigenvalue weighted by Gasteiger charge is -2.10. The molecule has 0 spiro atoms. The van der Waals surface area contributed by atoms with Gasteiger partial charge in [-0.05, 0) is 5.56 Å². The number of aromatic nitrogens is 2. The molecule has 7 heteroatoms. The first kappa shape index (κ1) is 12.6. The molecule has 7 nitrogen and oxygen atoms in total. The average molecular weight is 259 g/mol. The van der Waals surface area contributed by atoms with Crippen molar-refractivity contribution in [2.45, 2.75) is 6.54 Å². The maximum Gasteiger partial charge on any atom is 0.278 e. The number of rotatable bonds is 5. The predicted octanol–water partition coefficient (Wildman–Crippen LogP) is 0.532. The Morgan fingerprint density at radius 3 is 2.74 bits per heavy atom. The molecule has 0 radical (unpaired) electrons. The quantitative estimate of drug-likeness (QED) is 0.585. The number of hydrogen-bond acceptors (Lipinski definition) is 5. The van der Waals surface area contributed by atoms with Gasteiger partial charge >= 0.3 is 0 Å². The van der Waals surface area contributed by atoms with Gasteiger partial charge in [-0.15, -0.1) is 0 Å². The number of H-pyrrole nitrogens is 1. The van der Waals surface area contributed by atoms with Crippen molar-refractivity contribution in [2.75, 3.05) is 16.4 Å². The smallest absolute Gasteiger partial charge is 0.278 e. The first-order valence-corrected chi connectivity index (χ1v) is 5.58. The van der Waals surface area contributed by atoms with E-state index in [1.54, 1.807) is 0 Å². The maximum absolute atomic E-state index is 11.6. The minimum absolute atomic E-state index is 0.0167. The number of nitrogens with zero attached hydrogens (tertiary/aromatic N) is 1. The lowest BCUT2D eigenvalue weighted by Crippen LogP contribution is -2.19. The first-order chi connectivity index (χ1) is 9.20. The summed E-state index contributed by atoms with van der Waals surface area (Å²) >= 11 is 0. The van der Waals surface area contributed by atoms with E-state index in [0.29, 0.717) is 13.0 Å². The van der Waals surface area contributed by atoms with E-state index in [4.69, 9.17) is 5.73 Å². The Hall–Kier alpha value is -2.83. The molecule has 0 saturated carbocycles. The molecule has 98 valence electrons. The standard InChI is InChI=1S/C12H13N5O2/c13-12-16-10(9(15-7-18)11(19)17-12)14-6-8-4-2-1-3-5-8/h1-5,7H,6H2,(H,15,18)(H4,13,14,16,17,19). The van der Waals surface area contributed by atoms with Crippen molar-refractivity contribution in [3.05, 3.63) is 46.2 Å². The molecule has 2 aromatic rings. The second kappa shape index (κ2) is 5.67. The van der Waals surface area contributed by atoms with Crippen LogP contribution in [0.2, 0.25) is 0 Å². The summed E-state index contributed by atoms with van der Waals surface area (Å²) in [5.41, 5.74) is 6.02. The van der Waals surface area contributed by atoms with E-state index in [-0.39, 0.29) is 17.5 Å². The number of benzene rings is 1. The molecule has 0 aliphatic rings. The van der Waals surface area contributed by atoms with Crippen LogP contribution in [0.5, 0.6) is 0 Å². The van der Waals surface area contributed by atoms with E-state index in [9.17, 15) is 9.59 Å². The molecule has 5 N–H and O–H groups in total. The van der Waals surface area contributed by atoms with Crippen LogP contribution in [0.4, 0.5) is 17.5 Å². The monoisotopic (exact) mass is 259 g/mol. The second-order valence-electron chi connectivity index (χ2n) is 3.78. The Morgan fingerprint density at radius 2 is 2.05 bits per heavy atom. The van der Waals surface area contributed by atoms with E-state index >= 15 is 0 Å². The second-order valence-corrected chi connectivity index (χ2v) is 3.78. The number of anilines is 3. The minimum Gasteiger partial charge on any atom is -0.369 e. The molecule has 0 atom stereocenters. The van der Waals surface area contributed by atoms with Gasteiger partial charge in [0.2, 0.25) is 12.4 Å². The van der Waals surface area contributed by atoms with Crippen LogP contribution in [0.25, 0.3) is 0 Å². The summed E-state index contributed by atoms with van der Waals surface area (Å²) in [6.45, 7) is 0.463. The molecule has 1 aromatic carbocycles. The Bertz CT molecular complexity index is 624. The summed E-state index contributed by atoms with van der Waals surface area (Å²) in [7, 11) is 0. The summed E-state index contributed by atoms with van der Waals surface area (Å²) in [6, 6.07) is 9.57. The van der Waals surface area contributed by atoms with Crippen LogP contribution in [-0.2, 0) is 11.3 Å². The Balaban J connectivity index is 2.24. The summed E-state index contributed by atoms with van der Waals surface area (Å²) in [6.07, 6.45) is 0.413. The zero-order valence-corrected chi connectivity index (χ0v) is 10.0. The van der Waals surface area contributed by atoms with Gasteiger partial charge in [-0.3, -0.25) is 14.6 Å². The molecule has 1 aromatic heterocycles. The van der Waals surface area contributed by atoms with E-state index < -0.39 is 5.56 Å². The molecule has 1 amide bonds. The largest absolute Gasteiger partial charge is 0.369 e. The van der Waals surface area contributed by atoms with Crippen LogP contribution in [0.3, 0.4) is 0 Å². The van der Waals surface area contributed by atoms with Crippen molar-refractivity contribution in [3.63, 3.8) is 0 Å². The highest BCUT2D eigenvalue weighted by Gasteiger charge is 2.09. The highest BCUT2D eigenvalue weighted by atomic mass is 16.1. The SMILES string of the molecule is Nc1nc(NCc2ccccc2)c(NC=O)c(=O)[nH]1. The maximum atomic E-state index is 11.6. The Morgan fingerprint density at radius 1 is 1.32 bits per heavy atom. The van der Waals surface area contributed by atoms with E-state index in [1.165, 1.54) is 0 Å². The molecule has 0 aliphatic heterocycles. The third-order valence-electron chi connectivity index (χ3n) is 2.44. The number of aromatic amines is 1. The minimum atomic E-state index is -0.504. The molecule has 0 fully saturated rings. The third-order valence-corrected chi connectivity index (χ3v) is 2.44. The zero-order valence-electron chi connectivity index (χ0n) is 10.0. The highest BCUT2D eigenvalue weighted by Crippen LogP contribution is 2.14. The van der Waals surface area contributed by atoms with Gasteiger partial charge in [-0.25, -0.2) is 0 Å². The normalized spacial score (nSPS) is 9.89. The molecule has 0 unspecified atom stereocenters. The van der Waals surface area contributed by atoms with E-state index in [2.05, 4.69) is 20.6 Å². The number of nitrogens with two attached hydrogens (primary N) is 1. The van der Waals surface area contributed by atoms with Gasteiger partial charge in [0.1, 0.15) is 5.69 Å². The molecule has 19 heavy (non-hydrogen) atoms. The molecule has 0 bridgehead atoms. The van der Waals surface area contributed by atoms with Gasteiger partial charge in [0.05, 0.1) is 0 Å². The van der Waals surface area contributed by atoms with Gasteiger partial charge in [-0.2, -0.15) is 4.98 Å². The van der Waals surface area contributed by atoms with Crippen LogP contribution in [0, 0.1) is 0 Å². The third kappa shape index (κ3) is 3.09. The van der Waals surface area contributed by atoms with Crippen molar-refractivity contribution in [3.8, 4) is 0 Å². The average Bonchev–Trinajstić information content (AvgIpc) is 2.41. The van der Waals surface area contributed by atoms with Crippen LogP contribution in [-0.4, -0.2) is 16.4 Å². The molecule has 0 saturated heterocycles. The van der Waals surface area contributed by atoms with Crippen LogP contribution >= 0.6 is 0 Å². The lowest BCUT2D eigenvalue weighted by molar-refractivity contribution is -0.105. The molecule has 1 heterocycles. The lowest BCUT2D eigenvalue weighted by atomic mass is 10.2. The van der Waals surface area contributed by atoms with E-state index in [1.807, 2.05) is 30.3 Å². The summed E-state index contributed by atoms with van der Waals surface area (Å²) in [5.74, 6) is 0.217. The summed E-state index contributed by atoms with van der Waals surface area (Å²) in [4.78, 5) is 28.4. The fourth-order valence-corrected chi connectivity index (χ4v) is 1.59. The number of nitrogens with one attached hydrogen (secondary N) is 3. The number of carbonyl (C=O) groups is 1. The summed E-state index contributed by atoms with van der Waals surface area (Å²) in [5, 5.41) is 5.27. The Kier molecular flexibility index (Phi) is 3.77. The molecular formula is C12H13N5O2. The molecular weight excluding hydrogens is 246 g/mol. The van der Waals surface area contributed by atoms with Crippen molar-refractivity contribution in [2.24, 2.45) is 0 Å². The van der Waals surface area contributed by atoms with Crippen LogP contribution in [0.15, 0.2) is 35.1 Å². The topological polar surface area (TPSA) is 113 Å². The van der Waals surface area contributed by atoms with Crippen molar-refractivity contribution in [1.82, 2.24) is 9.97 Å². The number of hydrogen-bond donors (Lipinski definition) is 4. The Labute approximate surface area is 108 Å². The van der Waals surface area contributed by atoms with Gasteiger partial charge in [0.15, 0.2) is 5.82 Å². The van der Waals surface area contributed by atoms with Crippen LogP contribution in [0.1, 0.15) is 5.56 Å². The van der Waals surface area contributed by atoms with Crippen LogP contribution < -0.4 is 21.9 Å². The highest BCUT2D eigenvalue weighted by molar-refractivity contribution is 5.78. The number of nitrogen functional groups attached to an aromatic ring is 1. The van der Waals surface area contributed by atoms with Gasteiger partial charge < -0.3 is 16.4 Å². The van der Waals surface area contributed by atoms with E-state index in [0.717, 1.165) is 5.56 Å². The number of carbonyl (C=O) groups excluding carboxylic acids is 1. The number of amides is 1. The fourth-order valence-electron chi connectivity index (χ4n) is 1.59. The molecule has 2 rings (SSSR count). The van der Waals surface area contributed by atoms with Crippen molar-refractivity contribution >= 4 is 23.9 Å². The molecule has 0 aliphatic carbocycles. The predicted molar refractivity (Wildman–Crippen MR) is 72.7 cm³/mol. The zero-order chi connectivity index (χ0) is 13.7. The first-order valence-electron chi connectivity index (χ1n) is 5.58.